The Bertz CT molecular complexity index is 601. The molecule has 3 heteroatoms. The van der Waals surface area contributed by atoms with Crippen LogP contribution in [0, 0.1) is 6.92 Å². The number of pyridine rings is 1. The van der Waals surface area contributed by atoms with Gasteiger partial charge in [0.2, 0.25) is 0 Å². The van der Waals surface area contributed by atoms with Crippen molar-refractivity contribution in [1.29, 1.82) is 0 Å². The van der Waals surface area contributed by atoms with E-state index in [0.717, 1.165) is 24.4 Å². The van der Waals surface area contributed by atoms with E-state index in [4.69, 9.17) is 4.98 Å². The lowest BCUT2D eigenvalue weighted by Crippen LogP contribution is -2.24. The van der Waals surface area contributed by atoms with Gasteiger partial charge in [-0.05, 0) is 55.9 Å². The van der Waals surface area contributed by atoms with Crippen molar-refractivity contribution in [1.82, 2.24) is 4.98 Å². The van der Waals surface area contributed by atoms with Crippen LogP contribution in [0.3, 0.4) is 0 Å². The van der Waals surface area contributed by atoms with Gasteiger partial charge in [0.05, 0.1) is 5.52 Å². The lowest BCUT2D eigenvalue weighted by molar-refractivity contribution is 0.726. The van der Waals surface area contributed by atoms with Gasteiger partial charge in [0, 0.05) is 23.4 Å². The van der Waals surface area contributed by atoms with Crippen LogP contribution in [-0.4, -0.2) is 24.3 Å². The fourth-order valence-corrected chi connectivity index (χ4v) is 3.38. The molecule has 0 aliphatic carbocycles. The average molecular weight is 286 g/mol. The number of hydrogen-bond acceptors (Lipinski definition) is 3. The van der Waals surface area contributed by atoms with E-state index in [9.17, 15) is 0 Å². The van der Waals surface area contributed by atoms with Crippen LogP contribution in [0.5, 0.6) is 0 Å². The molecule has 2 nitrogen and oxygen atoms in total. The van der Waals surface area contributed by atoms with E-state index in [1.54, 1.807) is 11.8 Å². The van der Waals surface area contributed by atoms with Gasteiger partial charge < -0.3 is 4.90 Å². The average Bonchev–Trinajstić information content (AvgIpc) is 2.76. The summed E-state index contributed by atoms with van der Waals surface area (Å²) in [6, 6.07) is 8.85. The summed E-state index contributed by atoms with van der Waals surface area (Å²) in [6.07, 6.45) is 7.43. The molecule has 0 radical (unpaired) electrons. The zero-order valence-electron chi connectivity index (χ0n) is 12.4. The molecule has 3 rings (SSSR count). The normalized spacial score (nSPS) is 16.4. The molecule has 0 bridgehead atoms. The second kappa shape index (κ2) is 6.04. The number of nitrogens with zero attached hydrogens (tertiary/aromatic N) is 2. The molecule has 0 unspecified atom stereocenters. The Morgan fingerprint density at radius 3 is 2.50 bits per heavy atom. The van der Waals surface area contributed by atoms with Crippen LogP contribution in [-0.2, 0) is 0 Å². The van der Waals surface area contributed by atoms with E-state index in [2.05, 4.69) is 42.3 Å². The second-order valence-corrected chi connectivity index (χ2v) is 6.46. The Morgan fingerprint density at radius 1 is 1.05 bits per heavy atom. The maximum atomic E-state index is 4.89. The molecule has 0 saturated carbocycles. The molecule has 0 amide bonds. The quantitative estimate of drug-likeness (QED) is 0.748. The van der Waals surface area contributed by atoms with E-state index in [-0.39, 0.29) is 0 Å². The smallest absolute Gasteiger partial charge is 0.129 e. The summed E-state index contributed by atoms with van der Waals surface area (Å²) >= 11 is 1.79. The summed E-state index contributed by atoms with van der Waals surface area (Å²) in [5.74, 6) is 1.16. The van der Waals surface area contributed by atoms with Gasteiger partial charge in [0.1, 0.15) is 5.82 Å². The van der Waals surface area contributed by atoms with Crippen LogP contribution in [0.2, 0.25) is 0 Å². The topological polar surface area (TPSA) is 16.1 Å². The first kappa shape index (κ1) is 13.7. The highest BCUT2D eigenvalue weighted by atomic mass is 32.2. The van der Waals surface area contributed by atoms with E-state index in [0.29, 0.717) is 0 Å². The van der Waals surface area contributed by atoms with E-state index >= 15 is 0 Å². The predicted octanol–water partition coefficient (Wildman–Crippen LogP) is 4.65. The molecule has 106 valence electrons. The van der Waals surface area contributed by atoms with Gasteiger partial charge >= 0.3 is 0 Å². The minimum Gasteiger partial charge on any atom is -0.357 e. The summed E-state index contributed by atoms with van der Waals surface area (Å²) < 4.78 is 0. The third-order valence-electron chi connectivity index (χ3n) is 4.14. The molecule has 0 atom stereocenters. The van der Waals surface area contributed by atoms with Gasteiger partial charge in [0.15, 0.2) is 0 Å². The Labute approximate surface area is 125 Å². The Hall–Kier alpha value is -1.22. The molecular formula is C17H22N2S. The lowest BCUT2D eigenvalue weighted by Gasteiger charge is -2.22. The van der Waals surface area contributed by atoms with E-state index in [1.165, 1.54) is 41.5 Å². The fourth-order valence-electron chi connectivity index (χ4n) is 2.94. The molecule has 0 N–H and O–H groups in total. The number of benzene rings is 1. The Kier molecular flexibility index (Phi) is 4.16. The number of hydrogen-bond donors (Lipinski definition) is 0. The molecular weight excluding hydrogens is 264 g/mol. The molecule has 20 heavy (non-hydrogen) atoms. The predicted molar refractivity (Wildman–Crippen MR) is 88.9 cm³/mol. The van der Waals surface area contributed by atoms with Gasteiger partial charge in [-0.2, -0.15) is 0 Å². The number of thioether (sulfide) groups is 1. The van der Waals surface area contributed by atoms with Crippen molar-refractivity contribution in [3.8, 4) is 0 Å². The van der Waals surface area contributed by atoms with Crippen molar-refractivity contribution >= 4 is 28.5 Å². The van der Waals surface area contributed by atoms with Gasteiger partial charge in [-0.15, -0.1) is 11.8 Å². The molecule has 1 saturated heterocycles. The zero-order valence-corrected chi connectivity index (χ0v) is 13.2. The van der Waals surface area contributed by atoms with Crippen LogP contribution in [0.15, 0.2) is 29.2 Å². The van der Waals surface area contributed by atoms with Crippen LogP contribution in [0.25, 0.3) is 10.9 Å². The largest absolute Gasteiger partial charge is 0.357 e. The summed E-state index contributed by atoms with van der Waals surface area (Å²) in [6.45, 7) is 4.51. The third kappa shape index (κ3) is 2.78. The molecule has 1 aliphatic heterocycles. The highest BCUT2D eigenvalue weighted by molar-refractivity contribution is 7.98. The third-order valence-corrected chi connectivity index (χ3v) is 4.86. The van der Waals surface area contributed by atoms with Crippen molar-refractivity contribution in [3.63, 3.8) is 0 Å². The number of aryl methyl sites for hydroxylation is 1. The highest BCUT2D eigenvalue weighted by Gasteiger charge is 2.13. The van der Waals surface area contributed by atoms with Crippen LogP contribution in [0.4, 0.5) is 5.82 Å². The SMILES string of the molecule is CSc1ccc2nc(N3CCCCCC3)cc(C)c2c1. The summed E-state index contributed by atoms with van der Waals surface area (Å²) in [7, 11) is 0. The molecule has 0 spiro atoms. The first-order chi connectivity index (χ1) is 9.78. The van der Waals surface area contributed by atoms with Crippen molar-refractivity contribution in [2.24, 2.45) is 0 Å². The number of anilines is 1. The highest BCUT2D eigenvalue weighted by Crippen LogP contribution is 2.27. The standard InChI is InChI=1S/C17H22N2S/c1-13-11-17(19-9-5-3-4-6-10-19)18-16-8-7-14(20-2)12-15(13)16/h7-8,11-12H,3-6,9-10H2,1-2H3. The van der Waals surface area contributed by atoms with Crippen molar-refractivity contribution in [2.45, 2.75) is 37.5 Å². The molecule has 1 fully saturated rings. The van der Waals surface area contributed by atoms with Gasteiger partial charge in [-0.3, -0.25) is 0 Å². The van der Waals surface area contributed by atoms with Gasteiger partial charge in [-0.25, -0.2) is 4.98 Å². The Morgan fingerprint density at radius 2 is 1.80 bits per heavy atom. The van der Waals surface area contributed by atoms with Crippen molar-refractivity contribution in [2.75, 3.05) is 24.2 Å². The minimum atomic E-state index is 1.13. The number of fused-ring (bicyclic) bond motifs is 1. The van der Waals surface area contributed by atoms with Crippen LogP contribution >= 0.6 is 11.8 Å². The van der Waals surface area contributed by atoms with E-state index < -0.39 is 0 Å². The summed E-state index contributed by atoms with van der Waals surface area (Å²) in [4.78, 5) is 8.66. The number of aromatic nitrogens is 1. The van der Waals surface area contributed by atoms with Crippen LogP contribution in [0.1, 0.15) is 31.2 Å². The van der Waals surface area contributed by atoms with Gasteiger partial charge in [-0.1, -0.05) is 12.8 Å². The molecule has 1 aromatic carbocycles. The van der Waals surface area contributed by atoms with Gasteiger partial charge in [0.25, 0.3) is 0 Å². The molecule has 2 heterocycles. The zero-order chi connectivity index (χ0) is 13.9. The first-order valence-corrected chi connectivity index (χ1v) is 8.71. The summed E-state index contributed by atoms with van der Waals surface area (Å²) in [5, 5.41) is 1.29. The fraction of sp³-hybridized carbons (Fsp3) is 0.471. The molecule has 2 aromatic rings. The maximum absolute atomic E-state index is 4.89. The van der Waals surface area contributed by atoms with Crippen molar-refractivity contribution < 1.29 is 0 Å². The molecule has 1 aliphatic rings. The number of rotatable bonds is 2. The van der Waals surface area contributed by atoms with Crippen LogP contribution < -0.4 is 4.90 Å². The lowest BCUT2D eigenvalue weighted by atomic mass is 10.1. The monoisotopic (exact) mass is 286 g/mol. The maximum Gasteiger partial charge on any atom is 0.129 e. The van der Waals surface area contributed by atoms with E-state index in [1.807, 2.05) is 0 Å². The molecule has 1 aromatic heterocycles. The second-order valence-electron chi connectivity index (χ2n) is 5.58. The Balaban J connectivity index is 2.00. The first-order valence-electron chi connectivity index (χ1n) is 7.48. The summed E-state index contributed by atoms with van der Waals surface area (Å²) in [5.41, 5.74) is 2.46. The minimum absolute atomic E-state index is 1.13. The van der Waals surface area contributed by atoms with Crippen molar-refractivity contribution in [3.05, 3.63) is 29.8 Å².